The van der Waals surface area contributed by atoms with Crippen molar-refractivity contribution in [1.29, 1.82) is 0 Å². The number of hydrogen-bond acceptors (Lipinski definition) is 3. The third kappa shape index (κ3) is 7.38. The van der Waals surface area contributed by atoms with Crippen LogP contribution in [0.2, 0.25) is 15.1 Å². The van der Waals surface area contributed by atoms with E-state index in [1.165, 1.54) is 4.90 Å². The second-order valence-corrected chi connectivity index (χ2v) is 9.20. The van der Waals surface area contributed by atoms with E-state index in [1.807, 2.05) is 20.8 Å². The highest BCUT2D eigenvalue weighted by molar-refractivity contribution is 6.35. The van der Waals surface area contributed by atoms with Crippen molar-refractivity contribution in [3.63, 3.8) is 0 Å². The molecule has 5 nitrogen and oxygen atoms in total. The molecule has 0 spiro atoms. The van der Waals surface area contributed by atoms with E-state index in [0.717, 1.165) is 0 Å². The average molecular weight is 472 g/mol. The van der Waals surface area contributed by atoms with Crippen molar-refractivity contribution in [2.75, 3.05) is 6.61 Å². The Kier molecular flexibility index (Phi) is 8.42. The summed E-state index contributed by atoms with van der Waals surface area (Å²) in [5, 5.41) is 4.31. The molecule has 0 heterocycles. The van der Waals surface area contributed by atoms with E-state index in [0.29, 0.717) is 26.4 Å². The lowest BCUT2D eigenvalue weighted by Crippen LogP contribution is -2.53. The standard InChI is InChI=1S/C22H25Cl3N2O3/c1-14(21(29)26-22(2,3)4)27(12-15-8-9-17(24)11-19(15)25)20(28)13-30-18-7-5-6-16(23)10-18/h5-11,14H,12-13H2,1-4H3,(H,26,29)/t14-/m0/s1. The van der Waals surface area contributed by atoms with Gasteiger partial charge in [-0.1, -0.05) is 46.9 Å². The van der Waals surface area contributed by atoms with Gasteiger partial charge in [-0.2, -0.15) is 0 Å². The molecule has 30 heavy (non-hydrogen) atoms. The lowest BCUT2D eigenvalue weighted by atomic mass is 10.1. The second kappa shape index (κ2) is 10.4. The summed E-state index contributed by atoms with van der Waals surface area (Å²) < 4.78 is 5.59. The summed E-state index contributed by atoms with van der Waals surface area (Å²) in [6.45, 7) is 7.18. The van der Waals surface area contributed by atoms with Crippen molar-refractivity contribution in [3.05, 3.63) is 63.1 Å². The molecule has 1 N–H and O–H groups in total. The molecule has 0 saturated heterocycles. The van der Waals surface area contributed by atoms with Crippen LogP contribution in [0.4, 0.5) is 0 Å². The number of carbonyl (C=O) groups excluding carboxylic acids is 2. The van der Waals surface area contributed by atoms with Crippen LogP contribution in [0.1, 0.15) is 33.3 Å². The highest BCUT2D eigenvalue weighted by Gasteiger charge is 2.29. The summed E-state index contributed by atoms with van der Waals surface area (Å²) in [7, 11) is 0. The number of carbonyl (C=O) groups is 2. The number of amides is 2. The average Bonchev–Trinajstić information content (AvgIpc) is 2.63. The number of ether oxygens (including phenoxy) is 1. The molecule has 1 atom stereocenters. The zero-order valence-electron chi connectivity index (χ0n) is 17.3. The highest BCUT2D eigenvalue weighted by atomic mass is 35.5. The summed E-state index contributed by atoms with van der Waals surface area (Å²) in [5.41, 5.74) is 0.238. The largest absolute Gasteiger partial charge is 0.484 e. The quantitative estimate of drug-likeness (QED) is 0.591. The van der Waals surface area contributed by atoms with Gasteiger partial charge in [0.25, 0.3) is 5.91 Å². The van der Waals surface area contributed by atoms with Crippen LogP contribution in [0.15, 0.2) is 42.5 Å². The Labute approximate surface area is 192 Å². The third-order valence-corrected chi connectivity index (χ3v) is 5.00. The third-order valence-electron chi connectivity index (χ3n) is 4.18. The smallest absolute Gasteiger partial charge is 0.261 e. The minimum absolute atomic E-state index is 0.131. The fraction of sp³-hybridized carbons (Fsp3) is 0.364. The maximum atomic E-state index is 13.0. The summed E-state index contributed by atoms with van der Waals surface area (Å²) in [6, 6.07) is 11.0. The molecule has 0 aliphatic rings. The first-order chi connectivity index (χ1) is 14.0. The monoisotopic (exact) mass is 470 g/mol. The molecule has 2 rings (SSSR count). The van der Waals surface area contributed by atoms with Crippen LogP contribution in [0.5, 0.6) is 5.75 Å². The Bertz CT molecular complexity index is 913. The van der Waals surface area contributed by atoms with E-state index < -0.39 is 11.6 Å². The van der Waals surface area contributed by atoms with Crippen molar-refractivity contribution < 1.29 is 14.3 Å². The normalized spacial score (nSPS) is 12.2. The van der Waals surface area contributed by atoms with Gasteiger partial charge in [-0.25, -0.2) is 0 Å². The van der Waals surface area contributed by atoms with E-state index in [2.05, 4.69) is 5.32 Å². The molecular formula is C22H25Cl3N2O3. The van der Waals surface area contributed by atoms with Gasteiger partial charge in [-0.15, -0.1) is 0 Å². The van der Waals surface area contributed by atoms with Crippen LogP contribution < -0.4 is 10.1 Å². The van der Waals surface area contributed by atoms with Gasteiger partial charge in [0.15, 0.2) is 6.61 Å². The molecule has 0 unspecified atom stereocenters. The van der Waals surface area contributed by atoms with Gasteiger partial charge in [0, 0.05) is 27.2 Å². The summed E-state index contributed by atoms with van der Waals surface area (Å²) in [6.07, 6.45) is 0. The van der Waals surface area contributed by atoms with Crippen molar-refractivity contribution >= 4 is 46.6 Å². The first kappa shape index (κ1) is 24.3. The number of nitrogens with zero attached hydrogens (tertiary/aromatic N) is 1. The molecule has 0 aromatic heterocycles. The van der Waals surface area contributed by atoms with Gasteiger partial charge in [0.05, 0.1) is 0 Å². The van der Waals surface area contributed by atoms with Gasteiger partial charge in [0.1, 0.15) is 11.8 Å². The molecule has 2 aromatic carbocycles. The van der Waals surface area contributed by atoms with Crippen molar-refractivity contribution in [2.24, 2.45) is 0 Å². The van der Waals surface area contributed by atoms with Gasteiger partial charge in [-0.05, 0) is 63.6 Å². The minimum atomic E-state index is -0.744. The van der Waals surface area contributed by atoms with E-state index in [4.69, 9.17) is 39.5 Å². The number of benzene rings is 2. The van der Waals surface area contributed by atoms with E-state index in [1.54, 1.807) is 49.4 Å². The molecule has 0 radical (unpaired) electrons. The summed E-state index contributed by atoms with van der Waals surface area (Å²) in [4.78, 5) is 27.2. The zero-order chi connectivity index (χ0) is 22.5. The van der Waals surface area contributed by atoms with Crippen LogP contribution in [0.25, 0.3) is 0 Å². The fourth-order valence-corrected chi connectivity index (χ4v) is 3.32. The maximum absolute atomic E-state index is 13.0. The Morgan fingerprint density at radius 2 is 1.73 bits per heavy atom. The lowest BCUT2D eigenvalue weighted by molar-refractivity contribution is -0.142. The van der Waals surface area contributed by atoms with E-state index in [-0.39, 0.29) is 25.0 Å². The molecule has 2 amide bonds. The molecule has 162 valence electrons. The van der Waals surface area contributed by atoms with Crippen molar-refractivity contribution in [3.8, 4) is 5.75 Å². The van der Waals surface area contributed by atoms with Crippen LogP contribution in [-0.2, 0) is 16.1 Å². The Hall–Kier alpha value is -1.95. The van der Waals surface area contributed by atoms with Crippen molar-refractivity contribution in [2.45, 2.75) is 45.8 Å². The first-order valence-corrected chi connectivity index (χ1v) is 10.5. The number of rotatable bonds is 7. The number of nitrogens with one attached hydrogen (secondary N) is 1. The zero-order valence-corrected chi connectivity index (χ0v) is 19.6. The Morgan fingerprint density at radius 1 is 1.07 bits per heavy atom. The lowest BCUT2D eigenvalue weighted by Gasteiger charge is -2.31. The highest BCUT2D eigenvalue weighted by Crippen LogP contribution is 2.24. The fourth-order valence-electron chi connectivity index (χ4n) is 2.67. The molecular weight excluding hydrogens is 447 g/mol. The molecule has 0 aliphatic carbocycles. The molecule has 0 saturated carbocycles. The van der Waals surface area contributed by atoms with Crippen LogP contribution >= 0.6 is 34.8 Å². The predicted octanol–water partition coefficient (Wildman–Crippen LogP) is 5.36. The molecule has 2 aromatic rings. The van der Waals surface area contributed by atoms with E-state index >= 15 is 0 Å². The minimum Gasteiger partial charge on any atom is -0.484 e. The molecule has 8 heteroatoms. The van der Waals surface area contributed by atoms with Gasteiger partial charge < -0.3 is 15.0 Å². The molecule has 0 bridgehead atoms. The second-order valence-electron chi connectivity index (χ2n) is 7.92. The topological polar surface area (TPSA) is 58.6 Å². The molecule has 0 fully saturated rings. The van der Waals surface area contributed by atoms with Crippen LogP contribution in [0.3, 0.4) is 0 Å². The Balaban J connectivity index is 2.22. The predicted molar refractivity (Wildman–Crippen MR) is 121 cm³/mol. The maximum Gasteiger partial charge on any atom is 0.261 e. The summed E-state index contributed by atoms with van der Waals surface area (Å²) >= 11 is 18.2. The van der Waals surface area contributed by atoms with Crippen LogP contribution in [-0.4, -0.2) is 34.9 Å². The van der Waals surface area contributed by atoms with E-state index in [9.17, 15) is 9.59 Å². The summed E-state index contributed by atoms with van der Waals surface area (Å²) in [5.74, 6) is -0.173. The van der Waals surface area contributed by atoms with Gasteiger partial charge >= 0.3 is 0 Å². The van der Waals surface area contributed by atoms with Crippen molar-refractivity contribution in [1.82, 2.24) is 10.2 Å². The first-order valence-electron chi connectivity index (χ1n) is 9.40. The SMILES string of the molecule is C[C@@H](C(=O)NC(C)(C)C)N(Cc1ccc(Cl)cc1Cl)C(=O)COc1cccc(Cl)c1. The van der Waals surface area contributed by atoms with Gasteiger partial charge in [-0.3, -0.25) is 9.59 Å². The van der Waals surface area contributed by atoms with Gasteiger partial charge in [0.2, 0.25) is 5.91 Å². The molecule has 0 aliphatic heterocycles. The number of halogens is 3. The van der Waals surface area contributed by atoms with Crippen LogP contribution in [0, 0.1) is 0 Å². The number of hydrogen-bond donors (Lipinski definition) is 1. The Morgan fingerprint density at radius 3 is 2.33 bits per heavy atom.